The van der Waals surface area contributed by atoms with Crippen LogP contribution in [0, 0.1) is 0 Å². The van der Waals surface area contributed by atoms with Gasteiger partial charge >= 0.3 is 12.0 Å². The van der Waals surface area contributed by atoms with Gasteiger partial charge in [-0.05, 0) is 37.3 Å². The molecule has 2 rings (SSSR count). The maximum absolute atomic E-state index is 12.0. The molecule has 0 atom stereocenters. The number of esters is 1. The van der Waals surface area contributed by atoms with Crippen molar-refractivity contribution >= 4 is 23.3 Å². The summed E-state index contributed by atoms with van der Waals surface area (Å²) in [6.45, 7) is 5.32. The number of thiophene rings is 1. The van der Waals surface area contributed by atoms with Gasteiger partial charge in [0, 0.05) is 24.5 Å². The summed E-state index contributed by atoms with van der Waals surface area (Å²) in [6, 6.07) is 1.96. The van der Waals surface area contributed by atoms with E-state index < -0.39 is 0 Å². The lowest BCUT2D eigenvalue weighted by Crippen LogP contribution is -2.43. The van der Waals surface area contributed by atoms with Crippen LogP contribution >= 0.6 is 11.3 Å². The molecule has 2 heterocycles. The van der Waals surface area contributed by atoms with Crippen molar-refractivity contribution in [1.29, 1.82) is 0 Å². The summed E-state index contributed by atoms with van der Waals surface area (Å²) in [5.41, 5.74) is 1.23. The largest absolute Gasteiger partial charge is 0.463 e. The minimum absolute atomic E-state index is 0.112. The molecule has 110 valence electrons. The third-order valence-corrected chi connectivity index (χ3v) is 4.09. The highest BCUT2D eigenvalue weighted by molar-refractivity contribution is 7.10. The minimum atomic E-state index is -0.279. The number of carbonyl (C=O) groups excluding carboxylic acids is 2. The molecule has 0 spiro atoms. The van der Waals surface area contributed by atoms with Crippen LogP contribution in [0.5, 0.6) is 0 Å². The first kappa shape index (κ1) is 14.8. The van der Waals surface area contributed by atoms with Crippen LogP contribution in [0.3, 0.4) is 0 Å². The van der Waals surface area contributed by atoms with Gasteiger partial charge in [0.25, 0.3) is 0 Å². The number of hydrogen-bond acceptors (Lipinski definition) is 4. The van der Waals surface area contributed by atoms with Gasteiger partial charge in [-0.3, -0.25) is 4.79 Å². The van der Waals surface area contributed by atoms with Gasteiger partial charge in [0.1, 0.15) is 0 Å². The van der Waals surface area contributed by atoms with Crippen molar-refractivity contribution < 1.29 is 14.3 Å². The molecule has 1 aromatic rings. The smallest absolute Gasteiger partial charge is 0.317 e. The number of rotatable bonds is 4. The van der Waals surface area contributed by atoms with Crippen LogP contribution in [-0.2, 0) is 22.5 Å². The van der Waals surface area contributed by atoms with E-state index in [9.17, 15) is 9.59 Å². The predicted octanol–water partition coefficient (Wildman–Crippen LogP) is 2.16. The van der Waals surface area contributed by atoms with E-state index in [1.165, 1.54) is 10.4 Å². The van der Waals surface area contributed by atoms with Crippen molar-refractivity contribution in [2.24, 2.45) is 0 Å². The molecule has 0 aromatic carbocycles. The highest BCUT2D eigenvalue weighted by Gasteiger charge is 2.21. The lowest BCUT2D eigenvalue weighted by molar-refractivity contribution is -0.147. The Morgan fingerprint density at radius 3 is 3.05 bits per heavy atom. The van der Waals surface area contributed by atoms with Gasteiger partial charge in [0.2, 0.25) is 0 Å². The van der Waals surface area contributed by atoms with E-state index in [1.807, 2.05) is 13.8 Å². The number of nitrogens with one attached hydrogen (secondary N) is 1. The molecule has 1 N–H and O–H groups in total. The van der Waals surface area contributed by atoms with Crippen LogP contribution in [0.4, 0.5) is 4.79 Å². The third kappa shape index (κ3) is 3.96. The molecule has 0 saturated carbocycles. The average Bonchev–Trinajstić information content (AvgIpc) is 2.84. The van der Waals surface area contributed by atoms with Crippen LogP contribution in [0.1, 0.15) is 30.7 Å². The van der Waals surface area contributed by atoms with Crippen molar-refractivity contribution in [3.05, 3.63) is 21.9 Å². The Morgan fingerprint density at radius 1 is 1.50 bits per heavy atom. The normalized spacial score (nSPS) is 14.1. The Balaban J connectivity index is 1.72. The number of hydrogen-bond donors (Lipinski definition) is 1. The summed E-state index contributed by atoms with van der Waals surface area (Å²) in [5, 5.41) is 4.83. The topological polar surface area (TPSA) is 58.6 Å². The summed E-state index contributed by atoms with van der Waals surface area (Å²) in [7, 11) is 0. The molecule has 0 bridgehead atoms. The summed E-state index contributed by atoms with van der Waals surface area (Å²) in [6.07, 6.45) is 1.01. The lowest BCUT2D eigenvalue weighted by Gasteiger charge is -2.27. The lowest BCUT2D eigenvalue weighted by atomic mass is 10.1. The monoisotopic (exact) mass is 296 g/mol. The Labute approximate surface area is 122 Å². The first-order valence-electron chi connectivity index (χ1n) is 6.83. The van der Waals surface area contributed by atoms with Crippen molar-refractivity contribution in [3.8, 4) is 0 Å². The molecule has 1 aliphatic rings. The maximum atomic E-state index is 12.0. The van der Waals surface area contributed by atoms with Crippen molar-refractivity contribution in [3.63, 3.8) is 0 Å². The Hall–Kier alpha value is -1.56. The second kappa shape index (κ2) is 6.74. The standard InChI is InChI=1S/C14H20N2O3S/c1-10(2)19-13(17)3-6-15-14(18)16-7-4-12-11(9-16)5-8-20-12/h5,8,10H,3-4,6-7,9H2,1-2H3,(H,15,18). The zero-order chi connectivity index (χ0) is 14.5. The number of carbonyl (C=O) groups is 2. The molecule has 20 heavy (non-hydrogen) atoms. The molecule has 2 amide bonds. The van der Waals surface area contributed by atoms with E-state index in [-0.39, 0.29) is 24.5 Å². The van der Waals surface area contributed by atoms with E-state index in [4.69, 9.17) is 4.74 Å². The second-order valence-corrected chi connectivity index (χ2v) is 6.06. The fourth-order valence-corrected chi connectivity index (χ4v) is 3.02. The summed E-state index contributed by atoms with van der Waals surface area (Å²) >= 11 is 1.75. The summed E-state index contributed by atoms with van der Waals surface area (Å²) < 4.78 is 5.01. The third-order valence-electron chi connectivity index (χ3n) is 3.07. The van der Waals surface area contributed by atoms with Crippen LogP contribution in [0.2, 0.25) is 0 Å². The quantitative estimate of drug-likeness (QED) is 0.866. The van der Waals surface area contributed by atoms with Crippen molar-refractivity contribution in [2.45, 2.75) is 39.3 Å². The van der Waals surface area contributed by atoms with Gasteiger partial charge in [-0.1, -0.05) is 0 Å². The maximum Gasteiger partial charge on any atom is 0.317 e. The molecule has 0 radical (unpaired) electrons. The van der Waals surface area contributed by atoms with Gasteiger partial charge in [0.05, 0.1) is 12.5 Å². The molecule has 6 heteroatoms. The van der Waals surface area contributed by atoms with Gasteiger partial charge < -0.3 is 15.0 Å². The molecule has 1 aliphatic heterocycles. The van der Waals surface area contributed by atoms with E-state index >= 15 is 0 Å². The molecule has 0 fully saturated rings. The van der Waals surface area contributed by atoms with Crippen molar-refractivity contribution in [2.75, 3.05) is 13.1 Å². The van der Waals surface area contributed by atoms with E-state index in [1.54, 1.807) is 16.2 Å². The van der Waals surface area contributed by atoms with Gasteiger partial charge in [-0.25, -0.2) is 4.79 Å². The fourth-order valence-electron chi connectivity index (χ4n) is 2.13. The fraction of sp³-hybridized carbons (Fsp3) is 0.571. The summed E-state index contributed by atoms with van der Waals surface area (Å²) in [5.74, 6) is -0.279. The molecular weight excluding hydrogens is 276 g/mol. The van der Waals surface area contributed by atoms with Crippen molar-refractivity contribution in [1.82, 2.24) is 10.2 Å². The highest BCUT2D eigenvalue weighted by atomic mass is 32.1. The first-order valence-corrected chi connectivity index (χ1v) is 7.71. The number of amides is 2. The van der Waals surface area contributed by atoms with Gasteiger partial charge in [-0.2, -0.15) is 0 Å². The van der Waals surface area contributed by atoms with E-state index in [2.05, 4.69) is 16.8 Å². The van der Waals surface area contributed by atoms with Crippen LogP contribution < -0.4 is 5.32 Å². The minimum Gasteiger partial charge on any atom is -0.463 e. The SMILES string of the molecule is CC(C)OC(=O)CCNC(=O)N1CCc2sccc2C1. The van der Waals surface area contributed by atoms with Gasteiger partial charge in [-0.15, -0.1) is 11.3 Å². The molecule has 0 saturated heterocycles. The van der Waals surface area contributed by atoms with E-state index in [0.717, 1.165) is 13.0 Å². The van der Waals surface area contributed by atoms with Crippen LogP contribution in [0.15, 0.2) is 11.4 Å². The number of fused-ring (bicyclic) bond motifs is 1. The van der Waals surface area contributed by atoms with Crippen LogP contribution in [-0.4, -0.2) is 36.1 Å². The molecule has 5 nitrogen and oxygen atoms in total. The van der Waals surface area contributed by atoms with E-state index in [0.29, 0.717) is 13.1 Å². The number of ether oxygens (including phenoxy) is 1. The molecule has 1 aromatic heterocycles. The second-order valence-electron chi connectivity index (χ2n) is 5.06. The average molecular weight is 296 g/mol. The number of nitrogens with zero attached hydrogens (tertiary/aromatic N) is 1. The number of urea groups is 1. The van der Waals surface area contributed by atoms with Crippen LogP contribution in [0.25, 0.3) is 0 Å². The molecule has 0 aliphatic carbocycles. The molecule has 0 unspecified atom stereocenters. The zero-order valence-electron chi connectivity index (χ0n) is 11.8. The Morgan fingerprint density at radius 2 is 2.30 bits per heavy atom. The first-order chi connectivity index (χ1) is 9.56. The summed E-state index contributed by atoms with van der Waals surface area (Å²) in [4.78, 5) is 26.5. The zero-order valence-corrected chi connectivity index (χ0v) is 12.7. The Bertz CT molecular complexity index is 485. The highest BCUT2D eigenvalue weighted by Crippen LogP contribution is 2.23. The Kier molecular flexibility index (Phi) is 5.00. The van der Waals surface area contributed by atoms with Gasteiger partial charge in [0.15, 0.2) is 0 Å². The predicted molar refractivity (Wildman–Crippen MR) is 77.7 cm³/mol. The molecular formula is C14H20N2O3S.